The standard InChI is InChI=1S/C18H15FN2O/c19-14-6-7-16-13(8-14)10-17(21-16)12-2-1-3-15(9-12)20-18(22)11-4-5-11/h1-3,6-11,21H,4-5H2,(H,20,22). The number of benzene rings is 2. The van der Waals surface area contributed by atoms with Gasteiger partial charge in [0.1, 0.15) is 5.82 Å². The number of hydrogen-bond donors (Lipinski definition) is 2. The van der Waals surface area contributed by atoms with E-state index in [9.17, 15) is 9.18 Å². The Kier molecular flexibility index (Phi) is 2.96. The number of rotatable bonds is 3. The average molecular weight is 294 g/mol. The summed E-state index contributed by atoms with van der Waals surface area (Å²) in [4.78, 5) is 15.1. The Hall–Kier alpha value is -2.62. The maximum Gasteiger partial charge on any atom is 0.227 e. The Labute approximate surface area is 127 Å². The lowest BCUT2D eigenvalue weighted by molar-refractivity contribution is -0.117. The van der Waals surface area contributed by atoms with Crippen molar-refractivity contribution in [1.29, 1.82) is 0 Å². The van der Waals surface area contributed by atoms with Crippen LogP contribution in [0.15, 0.2) is 48.5 Å². The van der Waals surface area contributed by atoms with Gasteiger partial charge in [-0.15, -0.1) is 0 Å². The largest absolute Gasteiger partial charge is 0.355 e. The van der Waals surface area contributed by atoms with Gasteiger partial charge in [0.05, 0.1) is 0 Å². The molecule has 0 bridgehead atoms. The molecule has 0 unspecified atom stereocenters. The monoisotopic (exact) mass is 294 g/mol. The van der Waals surface area contributed by atoms with Crippen LogP contribution in [-0.2, 0) is 4.79 Å². The van der Waals surface area contributed by atoms with Crippen LogP contribution in [0, 0.1) is 11.7 Å². The number of H-pyrrole nitrogens is 1. The van der Waals surface area contributed by atoms with Crippen LogP contribution in [-0.4, -0.2) is 10.9 Å². The molecular weight excluding hydrogens is 279 g/mol. The molecule has 1 heterocycles. The average Bonchev–Trinajstić information content (AvgIpc) is 3.27. The minimum atomic E-state index is -0.247. The van der Waals surface area contributed by atoms with Gasteiger partial charge in [-0.25, -0.2) is 4.39 Å². The number of anilines is 1. The van der Waals surface area contributed by atoms with E-state index < -0.39 is 0 Å². The minimum Gasteiger partial charge on any atom is -0.355 e. The Balaban J connectivity index is 1.66. The normalized spacial score (nSPS) is 14.2. The van der Waals surface area contributed by atoms with Gasteiger partial charge in [-0.05, 0) is 49.2 Å². The lowest BCUT2D eigenvalue weighted by Crippen LogP contribution is -2.13. The summed E-state index contributed by atoms with van der Waals surface area (Å²) in [6, 6.07) is 14.3. The Morgan fingerprint density at radius 3 is 2.82 bits per heavy atom. The van der Waals surface area contributed by atoms with Crippen molar-refractivity contribution in [1.82, 2.24) is 4.98 Å². The van der Waals surface area contributed by atoms with E-state index in [2.05, 4.69) is 10.3 Å². The van der Waals surface area contributed by atoms with Gasteiger partial charge in [-0.2, -0.15) is 0 Å². The summed E-state index contributed by atoms with van der Waals surface area (Å²) in [5.74, 6) is 0.0269. The molecule has 1 aliphatic carbocycles. The van der Waals surface area contributed by atoms with Crippen molar-refractivity contribution in [2.45, 2.75) is 12.8 Å². The molecule has 110 valence electrons. The molecule has 4 heteroatoms. The second-order valence-electron chi connectivity index (χ2n) is 5.76. The fourth-order valence-electron chi connectivity index (χ4n) is 2.61. The summed E-state index contributed by atoms with van der Waals surface area (Å²) in [7, 11) is 0. The van der Waals surface area contributed by atoms with Crippen LogP contribution in [0.3, 0.4) is 0 Å². The van der Waals surface area contributed by atoms with Gasteiger partial charge >= 0.3 is 0 Å². The second-order valence-corrected chi connectivity index (χ2v) is 5.76. The number of hydrogen-bond acceptors (Lipinski definition) is 1. The molecular formula is C18H15FN2O. The third-order valence-corrected chi connectivity index (χ3v) is 3.97. The highest BCUT2D eigenvalue weighted by Crippen LogP contribution is 2.31. The van der Waals surface area contributed by atoms with Crippen LogP contribution in [0.4, 0.5) is 10.1 Å². The smallest absolute Gasteiger partial charge is 0.227 e. The van der Waals surface area contributed by atoms with E-state index in [0.29, 0.717) is 0 Å². The number of fused-ring (bicyclic) bond motifs is 1. The van der Waals surface area contributed by atoms with Gasteiger partial charge in [0, 0.05) is 33.8 Å². The SMILES string of the molecule is O=C(Nc1cccc(-c2cc3cc(F)ccc3[nH]2)c1)C1CC1. The molecule has 0 atom stereocenters. The first-order chi connectivity index (χ1) is 10.7. The summed E-state index contributed by atoms with van der Waals surface area (Å²) < 4.78 is 13.3. The Morgan fingerprint density at radius 1 is 1.14 bits per heavy atom. The first kappa shape index (κ1) is 13.1. The maximum absolute atomic E-state index is 13.3. The van der Waals surface area contributed by atoms with Crippen LogP contribution < -0.4 is 5.32 Å². The molecule has 0 saturated heterocycles. The molecule has 1 aliphatic rings. The van der Waals surface area contributed by atoms with Crippen molar-refractivity contribution < 1.29 is 9.18 Å². The van der Waals surface area contributed by atoms with Gasteiger partial charge in [0.15, 0.2) is 0 Å². The van der Waals surface area contributed by atoms with E-state index in [-0.39, 0.29) is 17.6 Å². The predicted molar refractivity (Wildman–Crippen MR) is 85.0 cm³/mol. The maximum atomic E-state index is 13.3. The minimum absolute atomic E-state index is 0.0934. The highest BCUT2D eigenvalue weighted by molar-refractivity contribution is 5.95. The molecule has 3 aromatic rings. The van der Waals surface area contributed by atoms with Crippen LogP contribution >= 0.6 is 0 Å². The van der Waals surface area contributed by atoms with E-state index in [0.717, 1.165) is 40.7 Å². The van der Waals surface area contributed by atoms with Crippen LogP contribution in [0.5, 0.6) is 0 Å². The number of amides is 1. The molecule has 4 rings (SSSR count). The van der Waals surface area contributed by atoms with Gasteiger partial charge < -0.3 is 10.3 Å². The summed E-state index contributed by atoms with van der Waals surface area (Å²) in [5.41, 5.74) is 3.55. The van der Waals surface area contributed by atoms with Gasteiger partial charge in [0.25, 0.3) is 0 Å². The zero-order valence-electron chi connectivity index (χ0n) is 11.9. The summed E-state index contributed by atoms with van der Waals surface area (Å²) in [6.07, 6.45) is 1.97. The molecule has 3 nitrogen and oxygen atoms in total. The zero-order valence-corrected chi connectivity index (χ0v) is 11.9. The molecule has 2 aromatic carbocycles. The zero-order chi connectivity index (χ0) is 15.1. The lowest BCUT2D eigenvalue weighted by atomic mass is 10.1. The molecule has 22 heavy (non-hydrogen) atoms. The van der Waals surface area contributed by atoms with Crippen molar-refractivity contribution in [3.63, 3.8) is 0 Å². The molecule has 1 aromatic heterocycles. The summed E-state index contributed by atoms with van der Waals surface area (Å²) in [5, 5.41) is 3.78. The van der Waals surface area contributed by atoms with E-state index >= 15 is 0 Å². The number of carbonyl (C=O) groups is 1. The fraction of sp³-hybridized carbons (Fsp3) is 0.167. The molecule has 1 amide bonds. The van der Waals surface area contributed by atoms with E-state index in [1.165, 1.54) is 12.1 Å². The highest BCUT2D eigenvalue weighted by Gasteiger charge is 2.29. The van der Waals surface area contributed by atoms with Crippen molar-refractivity contribution in [2.24, 2.45) is 5.92 Å². The molecule has 1 saturated carbocycles. The van der Waals surface area contributed by atoms with Gasteiger partial charge in [0.2, 0.25) is 5.91 Å². The van der Waals surface area contributed by atoms with Crippen molar-refractivity contribution in [2.75, 3.05) is 5.32 Å². The predicted octanol–water partition coefficient (Wildman–Crippen LogP) is 4.32. The first-order valence-electron chi connectivity index (χ1n) is 7.39. The van der Waals surface area contributed by atoms with Crippen LogP contribution in [0.1, 0.15) is 12.8 Å². The third kappa shape index (κ3) is 2.48. The Bertz CT molecular complexity index is 864. The lowest BCUT2D eigenvalue weighted by Gasteiger charge is -2.06. The number of nitrogens with one attached hydrogen (secondary N) is 2. The number of aromatic nitrogens is 1. The van der Waals surface area contributed by atoms with Gasteiger partial charge in [-0.1, -0.05) is 12.1 Å². The summed E-state index contributed by atoms with van der Waals surface area (Å²) in [6.45, 7) is 0. The Morgan fingerprint density at radius 2 is 2.00 bits per heavy atom. The quantitative estimate of drug-likeness (QED) is 0.742. The fourth-order valence-corrected chi connectivity index (χ4v) is 2.61. The number of carbonyl (C=O) groups excluding carboxylic acids is 1. The van der Waals surface area contributed by atoms with Crippen LogP contribution in [0.25, 0.3) is 22.2 Å². The van der Waals surface area contributed by atoms with Crippen LogP contribution in [0.2, 0.25) is 0 Å². The van der Waals surface area contributed by atoms with E-state index in [1.807, 2.05) is 30.3 Å². The molecule has 1 fully saturated rings. The topological polar surface area (TPSA) is 44.9 Å². The molecule has 2 N–H and O–H groups in total. The number of halogens is 1. The van der Waals surface area contributed by atoms with Crippen molar-refractivity contribution >= 4 is 22.5 Å². The van der Waals surface area contributed by atoms with E-state index in [4.69, 9.17) is 0 Å². The van der Waals surface area contributed by atoms with E-state index in [1.54, 1.807) is 6.07 Å². The van der Waals surface area contributed by atoms with Gasteiger partial charge in [-0.3, -0.25) is 4.79 Å². The molecule has 0 spiro atoms. The molecule has 0 radical (unpaired) electrons. The van der Waals surface area contributed by atoms with Crippen molar-refractivity contribution in [3.05, 3.63) is 54.3 Å². The second kappa shape index (κ2) is 4.98. The molecule has 0 aliphatic heterocycles. The van der Waals surface area contributed by atoms with Crippen molar-refractivity contribution in [3.8, 4) is 11.3 Å². The third-order valence-electron chi connectivity index (χ3n) is 3.97. The number of aromatic amines is 1. The first-order valence-corrected chi connectivity index (χ1v) is 7.39. The summed E-state index contributed by atoms with van der Waals surface area (Å²) >= 11 is 0. The highest BCUT2D eigenvalue weighted by atomic mass is 19.1.